The molecular weight excluding hydrogens is 274 g/mol. The maximum Gasteiger partial charge on any atom is 0.307 e. The van der Waals surface area contributed by atoms with E-state index in [1.54, 1.807) is 0 Å². The van der Waals surface area contributed by atoms with E-state index in [2.05, 4.69) is 35.4 Å². The SMILES string of the molecule is CCc1nsc(NC2CCC(C(=O)O)C(C)(C)C2C)n1. The fraction of sp³-hybridized carbons (Fsp3) is 0.786. The summed E-state index contributed by atoms with van der Waals surface area (Å²) in [5, 5.41) is 13.7. The number of aliphatic carboxylic acids is 1. The van der Waals surface area contributed by atoms with Crippen molar-refractivity contribution in [2.24, 2.45) is 17.3 Å². The van der Waals surface area contributed by atoms with Crippen LogP contribution >= 0.6 is 11.5 Å². The molecule has 0 radical (unpaired) electrons. The summed E-state index contributed by atoms with van der Waals surface area (Å²) >= 11 is 1.39. The quantitative estimate of drug-likeness (QED) is 0.893. The predicted molar refractivity (Wildman–Crippen MR) is 80.0 cm³/mol. The van der Waals surface area contributed by atoms with Gasteiger partial charge in [0.25, 0.3) is 0 Å². The molecular formula is C14H23N3O2S. The maximum absolute atomic E-state index is 11.4. The average Bonchev–Trinajstić information content (AvgIpc) is 2.82. The highest BCUT2D eigenvalue weighted by atomic mass is 32.1. The number of hydrogen-bond donors (Lipinski definition) is 2. The summed E-state index contributed by atoms with van der Waals surface area (Å²) in [6.45, 7) is 8.29. The van der Waals surface area contributed by atoms with Crippen LogP contribution in [0.2, 0.25) is 0 Å². The Bertz CT molecular complexity index is 487. The molecule has 0 bridgehead atoms. The predicted octanol–water partition coefficient (Wildman–Crippen LogP) is 3.04. The normalized spacial score (nSPS) is 29.1. The second-order valence-electron chi connectivity index (χ2n) is 6.20. The van der Waals surface area contributed by atoms with Crippen LogP contribution in [0.1, 0.15) is 46.4 Å². The number of rotatable bonds is 4. The van der Waals surface area contributed by atoms with E-state index in [0.29, 0.717) is 6.42 Å². The van der Waals surface area contributed by atoms with Gasteiger partial charge in [-0.05, 0) is 24.2 Å². The zero-order chi connectivity index (χ0) is 14.9. The molecule has 1 saturated carbocycles. The molecule has 6 heteroatoms. The van der Waals surface area contributed by atoms with Gasteiger partial charge in [0, 0.05) is 24.0 Å². The van der Waals surface area contributed by atoms with Gasteiger partial charge >= 0.3 is 5.97 Å². The lowest BCUT2D eigenvalue weighted by molar-refractivity contribution is -0.149. The van der Waals surface area contributed by atoms with Crippen LogP contribution in [0, 0.1) is 17.3 Å². The van der Waals surface area contributed by atoms with Gasteiger partial charge < -0.3 is 10.4 Å². The number of anilines is 1. The standard InChI is InChI=1S/C14H23N3O2S/c1-5-11-16-13(20-17-11)15-10-7-6-9(12(18)19)14(3,4)8(10)2/h8-10H,5-7H2,1-4H3,(H,18,19)(H,15,16,17). The Labute approximate surface area is 124 Å². The van der Waals surface area contributed by atoms with Gasteiger partial charge in [0.2, 0.25) is 5.13 Å². The average molecular weight is 297 g/mol. The van der Waals surface area contributed by atoms with Crippen molar-refractivity contribution in [3.63, 3.8) is 0 Å². The molecule has 5 nitrogen and oxygen atoms in total. The van der Waals surface area contributed by atoms with E-state index in [4.69, 9.17) is 0 Å². The highest BCUT2D eigenvalue weighted by molar-refractivity contribution is 7.09. The highest BCUT2D eigenvalue weighted by Gasteiger charge is 2.46. The topological polar surface area (TPSA) is 75.1 Å². The second kappa shape index (κ2) is 5.68. The van der Waals surface area contributed by atoms with E-state index in [1.807, 2.05) is 6.92 Å². The molecule has 1 fully saturated rings. The summed E-state index contributed by atoms with van der Waals surface area (Å²) in [6, 6.07) is 0.262. The van der Waals surface area contributed by atoms with E-state index in [9.17, 15) is 9.90 Å². The smallest absolute Gasteiger partial charge is 0.307 e. The number of hydrogen-bond acceptors (Lipinski definition) is 5. The van der Waals surface area contributed by atoms with Gasteiger partial charge in [0.05, 0.1) is 5.92 Å². The van der Waals surface area contributed by atoms with E-state index in [1.165, 1.54) is 11.5 Å². The fourth-order valence-electron chi connectivity index (χ4n) is 3.06. The first-order valence-electron chi connectivity index (χ1n) is 7.18. The maximum atomic E-state index is 11.4. The van der Waals surface area contributed by atoms with Crippen LogP contribution in [0.15, 0.2) is 0 Å². The van der Waals surface area contributed by atoms with Crippen molar-refractivity contribution in [3.05, 3.63) is 5.82 Å². The summed E-state index contributed by atoms with van der Waals surface area (Å²) in [6.07, 6.45) is 2.41. The van der Waals surface area contributed by atoms with Crippen molar-refractivity contribution in [1.29, 1.82) is 0 Å². The molecule has 1 heterocycles. The van der Waals surface area contributed by atoms with E-state index in [-0.39, 0.29) is 23.3 Å². The molecule has 0 saturated heterocycles. The van der Waals surface area contributed by atoms with Crippen LogP contribution in [0.3, 0.4) is 0 Å². The van der Waals surface area contributed by atoms with E-state index < -0.39 is 5.97 Å². The highest BCUT2D eigenvalue weighted by Crippen LogP contribution is 2.45. The van der Waals surface area contributed by atoms with Gasteiger partial charge in [0.15, 0.2) is 0 Å². The fourth-order valence-corrected chi connectivity index (χ4v) is 3.77. The number of nitrogens with one attached hydrogen (secondary N) is 1. The summed E-state index contributed by atoms with van der Waals surface area (Å²) in [4.78, 5) is 15.8. The van der Waals surface area contributed by atoms with Crippen molar-refractivity contribution in [2.45, 2.75) is 53.0 Å². The first kappa shape index (κ1) is 15.2. The molecule has 1 aliphatic rings. The summed E-state index contributed by atoms with van der Waals surface area (Å²) in [5.41, 5.74) is -0.222. The van der Waals surface area contributed by atoms with Crippen LogP contribution in [0.4, 0.5) is 5.13 Å². The molecule has 1 aliphatic carbocycles. The first-order chi connectivity index (χ1) is 9.36. The summed E-state index contributed by atoms with van der Waals surface area (Å²) in [7, 11) is 0. The van der Waals surface area contributed by atoms with Gasteiger partial charge in [-0.3, -0.25) is 4.79 Å². The van der Waals surface area contributed by atoms with Crippen LogP contribution in [0.25, 0.3) is 0 Å². The Balaban J connectivity index is 2.09. The zero-order valence-electron chi connectivity index (χ0n) is 12.5. The van der Waals surface area contributed by atoms with Gasteiger partial charge in [-0.2, -0.15) is 4.37 Å². The van der Waals surface area contributed by atoms with E-state index >= 15 is 0 Å². The first-order valence-corrected chi connectivity index (χ1v) is 7.95. The van der Waals surface area contributed by atoms with Gasteiger partial charge in [0.1, 0.15) is 5.82 Å². The van der Waals surface area contributed by atoms with Gasteiger partial charge in [-0.25, -0.2) is 4.98 Å². The Morgan fingerprint density at radius 2 is 2.20 bits per heavy atom. The van der Waals surface area contributed by atoms with Gasteiger partial charge in [-0.15, -0.1) is 0 Å². The third-order valence-electron chi connectivity index (χ3n) is 4.83. The number of aromatic nitrogens is 2. The summed E-state index contributed by atoms with van der Waals surface area (Å²) in [5.74, 6) is 0.190. The molecule has 2 rings (SSSR count). The van der Waals surface area contributed by atoms with Gasteiger partial charge in [-0.1, -0.05) is 27.7 Å². The minimum atomic E-state index is -0.676. The third kappa shape index (κ3) is 2.80. The largest absolute Gasteiger partial charge is 0.481 e. The molecule has 2 N–H and O–H groups in total. The monoisotopic (exact) mass is 297 g/mol. The Morgan fingerprint density at radius 1 is 1.50 bits per heavy atom. The van der Waals surface area contributed by atoms with Crippen molar-refractivity contribution in [2.75, 3.05) is 5.32 Å². The lowest BCUT2D eigenvalue weighted by Gasteiger charge is -2.46. The minimum Gasteiger partial charge on any atom is -0.481 e. The zero-order valence-corrected chi connectivity index (χ0v) is 13.3. The Kier molecular flexibility index (Phi) is 4.32. The lowest BCUT2D eigenvalue weighted by Crippen LogP contribution is -2.48. The minimum absolute atomic E-state index is 0.222. The molecule has 0 aromatic carbocycles. The van der Waals surface area contributed by atoms with Crippen LogP contribution in [0.5, 0.6) is 0 Å². The van der Waals surface area contributed by atoms with Crippen molar-refractivity contribution >= 4 is 22.6 Å². The van der Waals surface area contributed by atoms with Crippen LogP contribution in [-0.2, 0) is 11.2 Å². The molecule has 1 aromatic rings. The Morgan fingerprint density at radius 3 is 2.75 bits per heavy atom. The van der Waals surface area contributed by atoms with Crippen molar-refractivity contribution in [3.8, 4) is 0 Å². The van der Waals surface area contributed by atoms with Crippen molar-refractivity contribution in [1.82, 2.24) is 9.36 Å². The number of nitrogens with zero attached hydrogens (tertiary/aromatic N) is 2. The molecule has 3 unspecified atom stereocenters. The van der Waals surface area contributed by atoms with Crippen molar-refractivity contribution < 1.29 is 9.90 Å². The third-order valence-corrected chi connectivity index (χ3v) is 5.52. The number of carbonyl (C=O) groups is 1. The second-order valence-corrected chi connectivity index (χ2v) is 6.95. The summed E-state index contributed by atoms with van der Waals surface area (Å²) < 4.78 is 4.28. The lowest BCUT2D eigenvalue weighted by atomic mass is 9.61. The number of carboxylic acid groups (broad SMARTS) is 1. The molecule has 0 spiro atoms. The van der Waals surface area contributed by atoms with Crippen LogP contribution < -0.4 is 5.32 Å². The molecule has 0 amide bonds. The molecule has 0 aliphatic heterocycles. The van der Waals surface area contributed by atoms with Crippen LogP contribution in [-0.4, -0.2) is 26.5 Å². The number of aryl methyl sites for hydroxylation is 1. The van der Waals surface area contributed by atoms with E-state index in [0.717, 1.165) is 23.8 Å². The molecule has 1 aromatic heterocycles. The molecule has 112 valence electrons. The molecule has 20 heavy (non-hydrogen) atoms. The Hall–Kier alpha value is -1.17. The molecule has 3 atom stereocenters. The number of carboxylic acids is 1.